The highest BCUT2D eigenvalue weighted by atomic mass is 127. The Bertz CT molecular complexity index is 563. The van der Waals surface area contributed by atoms with E-state index in [9.17, 15) is 13.6 Å². The number of aldehydes is 1. The smallest absolute Gasteiger partial charge is 0.150 e. The lowest BCUT2D eigenvalue weighted by molar-refractivity contribution is 0.112. The lowest BCUT2D eigenvalue weighted by atomic mass is 10.2. The average molecular weight is 502 g/mol. The van der Waals surface area contributed by atoms with E-state index < -0.39 is 0 Å². The summed E-state index contributed by atoms with van der Waals surface area (Å²) in [4.78, 5) is 10.1. The third-order valence-electron chi connectivity index (χ3n) is 2.13. The van der Waals surface area contributed by atoms with Crippen molar-refractivity contribution in [1.29, 1.82) is 0 Å². The van der Waals surface area contributed by atoms with E-state index in [1.807, 2.05) is 45.2 Å². The SMILES string of the molecule is O=Cc1cc(F)cc(I)c1.OCc1cc(F)cc(I)c1. The first-order chi connectivity index (χ1) is 9.44. The molecule has 106 valence electrons. The first-order valence-corrected chi connectivity index (χ1v) is 7.57. The second-order valence-corrected chi connectivity index (χ2v) is 6.25. The van der Waals surface area contributed by atoms with Crippen LogP contribution in [0.15, 0.2) is 36.4 Å². The highest BCUT2D eigenvalue weighted by Gasteiger charge is 1.96. The molecule has 0 unspecified atom stereocenters. The number of aliphatic hydroxyl groups is 1. The summed E-state index contributed by atoms with van der Waals surface area (Å²) < 4.78 is 26.5. The maximum atomic E-state index is 12.5. The summed E-state index contributed by atoms with van der Waals surface area (Å²) in [6.07, 6.45) is 0.630. The zero-order valence-electron chi connectivity index (χ0n) is 10.1. The minimum absolute atomic E-state index is 0.103. The third kappa shape index (κ3) is 6.23. The maximum Gasteiger partial charge on any atom is 0.150 e. The fourth-order valence-electron chi connectivity index (χ4n) is 1.35. The molecule has 0 aromatic heterocycles. The Morgan fingerprint density at radius 1 is 0.950 bits per heavy atom. The highest BCUT2D eigenvalue weighted by molar-refractivity contribution is 14.1. The van der Waals surface area contributed by atoms with Gasteiger partial charge in [0.15, 0.2) is 0 Å². The van der Waals surface area contributed by atoms with Gasteiger partial charge in [-0.25, -0.2) is 8.78 Å². The number of halogens is 4. The zero-order chi connectivity index (χ0) is 15.1. The lowest BCUT2D eigenvalue weighted by Crippen LogP contribution is -1.86. The summed E-state index contributed by atoms with van der Waals surface area (Å²) in [5.41, 5.74) is 0.994. The Hall–Kier alpha value is -0.610. The molecule has 2 aromatic carbocycles. The molecule has 0 radical (unpaired) electrons. The number of hydrogen-bond donors (Lipinski definition) is 1. The van der Waals surface area contributed by atoms with Crippen molar-refractivity contribution in [2.24, 2.45) is 0 Å². The molecule has 0 amide bonds. The summed E-state index contributed by atoms with van der Waals surface area (Å²) in [7, 11) is 0. The number of benzene rings is 2. The Morgan fingerprint density at radius 2 is 1.50 bits per heavy atom. The van der Waals surface area contributed by atoms with Gasteiger partial charge in [0.2, 0.25) is 0 Å². The number of rotatable bonds is 2. The molecule has 0 spiro atoms. The van der Waals surface area contributed by atoms with E-state index in [2.05, 4.69) is 0 Å². The molecule has 0 atom stereocenters. The van der Waals surface area contributed by atoms with E-state index >= 15 is 0 Å². The van der Waals surface area contributed by atoms with E-state index in [4.69, 9.17) is 5.11 Å². The molecule has 1 N–H and O–H groups in total. The minimum Gasteiger partial charge on any atom is -0.392 e. The zero-order valence-corrected chi connectivity index (χ0v) is 14.4. The van der Waals surface area contributed by atoms with Crippen LogP contribution < -0.4 is 0 Å². The fraction of sp³-hybridized carbons (Fsp3) is 0.0714. The number of carbonyl (C=O) groups excluding carboxylic acids is 1. The van der Waals surface area contributed by atoms with Crippen LogP contribution >= 0.6 is 45.2 Å². The van der Waals surface area contributed by atoms with Crippen molar-refractivity contribution in [3.05, 3.63) is 66.3 Å². The van der Waals surface area contributed by atoms with Gasteiger partial charge in [-0.2, -0.15) is 0 Å². The van der Waals surface area contributed by atoms with Gasteiger partial charge in [0.25, 0.3) is 0 Å². The molecule has 0 heterocycles. The molecular weight excluding hydrogens is 492 g/mol. The van der Waals surface area contributed by atoms with Gasteiger partial charge < -0.3 is 5.11 Å². The van der Waals surface area contributed by atoms with E-state index in [1.54, 1.807) is 12.1 Å². The number of hydrogen-bond acceptors (Lipinski definition) is 2. The van der Waals surface area contributed by atoms with Gasteiger partial charge in [-0.15, -0.1) is 0 Å². The summed E-state index contributed by atoms with van der Waals surface area (Å²) in [6, 6.07) is 8.67. The molecular formula is C14H10F2I2O2. The van der Waals surface area contributed by atoms with Crippen molar-refractivity contribution < 1.29 is 18.7 Å². The summed E-state index contributed by atoms with van der Waals surface area (Å²) in [6.45, 7) is -0.103. The van der Waals surface area contributed by atoms with Crippen LogP contribution in [0.25, 0.3) is 0 Å². The van der Waals surface area contributed by atoms with Crippen LogP contribution in [0, 0.1) is 18.8 Å². The van der Waals surface area contributed by atoms with Gasteiger partial charge in [0, 0.05) is 12.7 Å². The Balaban J connectivity index is 0.000000200. The van der Waals surface area contributed by atoms with Crippen LogP contribution in [0.5, 0.6) is 0 Å². The molecule has 0 aliphatic heterocycles. The van der Waals surface area contributed by atoms with Crippen LogP contribution in [0.2, 0.25) is 0 Å². The number of carbonyl (C=O) groups is 1. The predicted octanol–water partition coefficient (Wildman–Crippen LogP) is 4.17. The molecule has 0 aliphatic rings. The largest absolute Gasteiger partial charge is 0.392 e. The summed E-state index contributed by atoms with van der Waals surface area (Å²) in [5.74, 6) is -0.662. The minimum atomic E-state index is -0.367. The lowest BCUT2D eigenvalue weighted by Gasteiger charge is -1.96. The molecule has 0 saturated carbocycles. The second-order valence-electron chi connectivity index (χ2n) is 3.76. The average Bonchev–Trinajstić information content (AvgIpc) is 2.37. The fourth-order valence-corrected chi connectivity index (χ4v) is 2.70. The molecule has 2 aromatic rings. The molecule has 2 nitrogen and oxygen atoms in total. The predicted molar refractivity (Wildman–Crippen MR) is 89.5 cm³/mol. The van der Waals surface area contributed by atoms with Crippen LogP contribution in [0.3, 0.4) is 0 Å². The highest BCUT2D eigenvalue weighted by Crippen LogP contribution is 2.11. The first kappa shape index (κ1) is 17.4. The van der Waals surface area contributed by atoms with Crippen molar-refractivity contribution in [1.82, 2.24) is 0 Å². The van der Waals surface area contributed by atoms with Crippen molar-refractivity contribution in [3.63, 3.8) is 0 Å². The standard InChI is InChI=1S/C7H6FIO.C7H4FIO/c2*8-6-1-5(4-10)2-7(9)3-6/h1-3,10H,4H2;1-4H. The van der Waals surface area contributed by atoms with Gasteiger partial charge in [-0.3, -0.25) is 4.79 Å². The Kier molecular flexibility index (Phi) is 7.52. The van der Waals surface area contributed by atoms with E-state index in [0.29, 0.717) is 17.4 Å². The van der Waals surface area contributed by atoms with Gasteiger partial charge >= 0.3 is 0 Å². The van der Waals surface area contributed by atoms with E-state index in [0.717, 1.165) is 7.14 Å². The molecule has 6 heteroatoms. The van der Waals surface area contributed by atoms with Crippen LogP contribution in [-0.2, 0) is 6.61 Å². The molecule has 0 aliphatic carbocycles. The van der Waals surface area contributed by atoms with Gasteiger partial charge in [0.1, 0.15) is 17.9 Å². The second kappa shape index (κ2) is 8.63. The molecule has 0 saturated heterocycles. The van der Waals surface area contributed by atoms with Crippen LogP contribution in [-0.4, -0.2) is 11.4 Å². The van der Waals surface area contributed by atoms with Crippen molar-refractivity contribution in [3.8, 4) is 0 Å². The van der Waals surface area contributed by atoms with Crippen LogP contribution in [0.1, 0.15) is 15.9 Å². The monoisotopic (exact) mass is 502 g/mol. The molecule has 0 fully saturated rings. The van der Waals surface area contributed by atoms with Gasteiger partial charge in [-0.1, -0.05) is 0 Å². The molecule has 0 bridgehead atoms. The first-order valence-electron chi connectivity index (χ1n) is 5.41. The van der Waals surface area contributed by atoms with E-state index in [1.165, 1.54) is 24.3 Å². The topological polar surface area (TPSA) is 37.3 Å². The summed E-state index contributed by atoms with van der Waals surface area (Å²) in [5, 5.41) is 8.62. The quantitative estimate of drug-likeness (QED) is 0.495. The number of aliphatic hydroxyl groups excluding tert-OH is 1. The van der Waals surface area contributed by atoms with Gasteiger partial charge in [-0.05, 0) is 87.1 Å². The van der Waals surface area contributed by atoms with Crippen molar-refractivity contribution in [2.75, 3.05) is 0 Å². The van der Waals surface area contributed by atoms with Crippen LogP contribution in [0.4, 0.5) is 8.78 Å². The molecule has 2 rings (SSSR count). The van der Waals surface area contributed by atoms with Gasteiger partial charge in [0.05, 0.1) is 6.61 Å². The normalized spacial score (nSPS) is 9.65. The Labute approximate surface area is 142 Å². The summed E-state index contributed by atoms with van der Waals surface area (Å²) >= 11 is 3.96. The van der Waals surface area contributed by atoms with Crippen molar-refractivity contribution >= 4 is 51.5 Å². The molecule has 20 heavy (non-hydrogen) atoms. The van der Waals surface area contributed by atoms with E-state index in [-0.39, 0.29) is 18.2 Å². The maximum absolute atomic E-state index is 12.5. The third-order valence-corrected chi connectivity index (χ3v) is 3.37. The Morgan fingerprint density at radius 3 is 1.95 bits per heavy atom. The van der Waals surface area contributed by atoms with Crippen molar-refractivity contribution in [2.45, 2.75) is 6.61 Å².